The van der Waals surface area contributed by atoms with Gasteiger partial charge >= 0.3 is 0 Å². The summed E-state index contributed by atoms with van der Waals surface area (Å²) in [5.41, 5.74) is -0.333. The first-order valence-electron chi connectivity index (χ1n) is 7.25. The molecule has 0 heterocycles. The second-order valence-electron chi connectivity index (χ2n) is 5.88. The van der Waals surface area contributed by atoms with Gasteiger partial charge in [0.15, 0.2) is 0 Å². The summed E-state index contributed by atoms with van der Waals surface area (Å²) < 4.78 is 0. The Morgan fingerprint density at radius 3 is 2.22 bits per heavy atom. The van der Waals surface area contributed by atoms with E-state index < -0.39 is 0 Å². The Morgan fingerprint density at radius 1 is 1.28 bits per heavy atom. The van der Waals surface area contributed by atoms with Crippen LogP contribution < -0.4 is 5.32 Å². The van der Waals surface area contributed by atoms with Crippen LogP contribution in [0.4, 0.5) is 0 Å². The minimum atomic E-state index is -0.333. The molecule has 0 aliphatic rings. The van der Waals surface area contributed by atoms with Gasteiger partial charge in [-0.3, -0.25) is 0 Å². The van der Waals surface area contributed by atoms with Crippen molar-refractivity contribution in [2.45, 2.75) is 65.5 Å². The quantitative estimate of drug-likeness (QED) is 0.686. The Bertz CT molecular complexity index is 249. The maximum Gasteiger partial charge on any atom is 0.106 e. The Morgan fingerprint density at radius 2 is 1.89 bits per heavy atom. The summed E-state index contributed by atoms with van der Waals surface area (Å²) in [4.78, 5) is 2.51. The van der Waals surface area contributed by atoms with E-state index in [0.29, 0.717) is 12.0 Å². The highest BCUT2D eigenvalue weighted by Gasteiger charge is 2.25. The fraction of sp³-hybridized carbons (Fsp3) is 0.933. The first-order chi connectivity index (χ1) is 8.40. The third-order valence-electron chi connectivity index (χ3n) is 3.67. The van der Waals surface area contributed by atoms with E-state index in [9.17, 15) is 5.26 Å². The predicted molar refractivity (Wildman–Crippen MR) is 78.5 cm³/mol. The van der Waals surface area contributed by atoms with Crippen LogP contribution in [-0.2, 0) is 0 Å². The van der Waals surface area contributed by atoms with E-state index in [-0.39, 0.29) is 5.54 Å². The minimum absolute atomic E-state index is 0.333. The molecular weight excluding hydrogens is 222 g/mol. The molecule has 0 aliphatic carbocycles. The Balaban J connectivity index is 4.25. The van der Waals surface area contributed by atoms with Crippen molar-refractivity contribution in [3.05, 3.63) is 0 Å². The predicted octanol–water partition coefficient (Wildman–Crippen LogP) is 3.02. The van der Waals surface area contributed by atoms with Crippen molar-refractivity contribution < 1.29 is 0 Å². The van der Waals surface area contributed by atoms with Gasteiger partial charge in [-0.2, -0.15) is 5.26 Å². The fourth-order valence-electron chi connectivity index (χ4n) is 2.28. The SMILES string of the molecule is CCC(C#N)(CCCN(CC(C)C)C(C)C)NC. The van der Waals surface area contributed by atoms with Crippen LogP contribution in [0, 0.1) is 17.2 Å². The topological polar surface area (TPSA) is 39.1 Å². The van der Waals surface area contributed by atoms with Gasteiger partial charge in [-0.05, 0) is 52.6 Å². The van der Waals surface area contributed by atoms with Crippen molar-refractivity contribution in [1.29, 1.82) is 5.26 Å². The summed E-state index contributed by atoms with van der Waals surface area (Å²) in [5, 5.41) is 12.4. The highest BCUT2D eigenvalue weighted by molar-refractivity contribution is 5.05. The average molecular weight is 253 g/mol. The average Bonchev–Trinajstić information content (AvgIpc) is 2.33. The van der Waals surface area contributed by atoms with Gasteiger partial charge in [0.05, 0.1) is 6.07 Å². The Kier molecular flexibility index (Phi) is 8.22. The molecule has 0 saturated carbocycles. The van der Waals surface area contributed by atoms with Crippen molar-refractivity contribution in [3.8, 4) is 6.07 Å². The first kappa shape index (κ1) is 17.4. The van der Waals surface area contributed by atoms with Gasteiger partial charge < -0.3 is 10.2 Å². The Hall–Kier alpha value is -0.590. The summed E-state index contributed by atoms with van der Waals surface area (Å²) in [5.74, 6) is 0.698. The second-order valence-corrected chi connectivity index (χ2v) is 5.88. The van der Waals surface area contributed by atoms with Crippen LogP contribution >= 0.6 is 0 Å². The maximum atomic E-state index is 9.27. The van der Waals surface area contributed by atoms with Crippen molar-refractivity contribution in [2.24, 2.45) is 5.92 Å². The normalized spacial score (nSPS) is 15.1. The summed E-state index contributed by atoms with van der Waals surface area (Å²) in [7, 11) is 1.89. The molecule has 0 aliphatic heterocycles. The molecule has 106 valence electrons. The van der Waals surface area contributed by atoms with Crippen LogP contribution in [0.25, 0.3) is 0 Å². The lowest BCUT2D eigenvalue weighted by Crippen LogP contribution is -2.42. The summed E-state index contributed by atoms with van der Waals surface area (Å²) in [6.07, 6.45) is 2.87. The molecule has 1 unspecified atom stereocenters. The van der Waals surface area contributed by atoms with Crippen LogP contribution in [-0.4, -0.2) is 36.6 Å². The van der Waals surface area contributed by atoms with Crippen molar-refractivity contribution >= 4 is 0 Å². The maximum absolute atomic E-state index is 9.27. The lowest BCUT2D eigenvalue weighted by molar-refractivity contribution is 0.188. The number of nitrogens with zero attached hydrogens (tertiary/aromatic N) is 2. The van der Waals surface area contributed by atoms with Crippen molar-refractivity contribution in [3.63, 3.8) is 0 Å². The van der Waals surface area contributed by atoms with Crippen LogP contribution in [0.5, 0.6) is 0 Å². The van der Waals surface area contributed by atoms with Crippen LogP contribution in [0.3, 0.4) is 0 Å². The van der Waals surface area contributed by atoms with Gasteiger partial charge in [-0.25, -0.2) is 0 Å². The van der Waals surface area contributed by atoms with E-state index in [1.807, 2.05) is 7.05 Å². The van der Waals surface area contributed by atoms with E-state index in [0.717, 1.165) is 32.4 Å². The zero-order valence-corrected chi connectivity index (χ0v) is 13.1. The summed E-state index contributed by atoms with van der Waals surface area (Å²) in [6.45, 7) is 13.3. The second kappa shape index (κ2) is 8.50. The number of nitrogens with one attached hydrogen (secondary N) is 1. The third-order valence-corrected chi connectivity index (χ3v) is 3.67. The minimum Gasteiger partial charge on any atom is -0.302 e. The van der Waals surface area contributed by atoms with Crippen LogP contribution in [0.2, 0.25) is 0 Å². The lowest BCUT2D eigenvalue weighted by atomic mass is 9.92. The smallest absolute Gasteiger partial charge is 0.106 e. The van der Waals surface area contributed by atoms with E-state index >= 15 is 0 Å². The molecule has 3 heteroatoms. The number of nitriles is 1. The number of rotatable bonds is 9. The molecule has 0 aromatic heterocycles. The molecule has 0 aromatic rings. The Labute approximate surface area is 114 Å². The third kappa shape index (κ3) is 5.84. The molecule has 0 bridgehead atoms. The van der Waals surface area contributed by atoms with Gasteiger partial charge in [-0.15, -0.1) is 0 Å². The molecule has 0 amide bonds. The number of hydrogen-bond acceptors (Lipinski definition) is 3. The zero-order valence-electron chi connectivity index (χ0n) is 13.1. The van der Waals surface area contributed by atoms with Gasteiger partial charge in [0.25, 0.3) is 0 Å². The van der Waals surface area contributed by atoms with Gasteiger partial charge in [-0.1, -0.05) is 20.8 Å². The largest absolute Gasteiger partial charge is 0.302 e. The number of hydrogen-bond donors (Lipinski definition) is 1. The fourth-order valence-corrected chi connectivity index (χ4v) is 2.28. The standard InChI is InChI=1S/C15H31N3/c1-7-15(12-16,17-6)9-8-10-18(14(4)5)11-13(2)3/h13-14,17H,7-11H2,1-6H3. The molecule has 0 aromatic carbocycles. The van der Waals surface area contributed by atoms with E-state index in [1.165, 1.54) is 0 Å². The van der Waals surface area contributed by atoms with Crippen molar-refractivity contribution in [1.82, 2.24) is 10.2 Å². The highest BCUT2D eigenvalue weighted by Crippen LogP contribution is 2.17. The molecule has 1 atom stereocenters. The first-order valence-corrected chi connectivity index (χ1v) is 7.25. The van der Waals surface area contributed by atoms with Gasteiger partial charge in [0, 0.05) is 12.6 Å². The van der Waals surface area contributed by atoms with Crippen LogP contribution in [0.15, 0.2) is 0 Å². The lowest BCUT2D eigenvalue weighted by Gasteiger charge is -2.30. The molecule has 3 nitrogen and oxygen atoms in total. The highest BCUT2D eigenvalue weighted by atomic mass is 15.1. The molecule has 1 N–H and O–H groups in total. The molecule has 0 rings (SSSR count). The van der Waals surface area contributed by atoms with E-state index in [1.54, 1.807) is 0 Å². The monoisotopic (exact) mass is 253 g/mol. The van der Waals surface area contributed by atoms with Gasteiger partial charge in [0.1, 0.15) is 5.54 Å². The zero-order chi connectivity index (χ0) is 14.2. The molecule has 18 heavy (non-hydrogen) atoms. The van der Waals surface area contributed by atoms with Gasteiger partial charge in [0.2, 0.25) is 0 Å². The van der Waals surface area contributed by atoms with Crippen LogP contribution in [0.1, 0.15) is 53.9 Å². The molecule has 0 radical (unpaired) electrons. The molecule has 0 spiro atoms. The molecule has 0 fully saturated rings. The summed E-state index contributed by atoms with van der Waals surface area (Å²) in [6, 6.07) is 3.01. The van der Waals surface area contributed by atoms with Crippen molar-refractivity contribution in [2.75, 3.05) is 20.1 Å². The molecule has 0 saturated heterocycles. The van der Waals surface area contributed by atoms with E-state index in [4.69, 9.17) is 0 Å². The summed E-state index contributed by atoms with van der Waals surface area (Å²) >= 11 is 0. The van der Waals surface area contributed by atoms with E-state index in [2.05, 4.69) is 50.9 Å². The molecular formula is C15H31N3.